The van der Waals surface area contributed by atoms with Crippen molar-refractivity contribution in [2.75, 3.05) is 5.32 Å². The van der Waals surface area contributed by atoms with E-state index in [9.17, 15) is 13.2 Å². The van der Waals surface area contributed by atoms with E-state index in [1.807, 2.05) is 18.4 Å². The summed E-state index contributed by atoms with van der Waals surface area (Å²) in [6.07, 6.45) is -4.70. The van der Waals surface area contributed by atoms with Crippen LogP contribution in [0.5, 0.6) is 5.75 Å². The Kier molecular flexibility index (Phi) is 5.21. The van der Waals surface area contributed by atoms with Gasteiger partial charge in [0.1, 0.15) is 5.75 Å². The third-order valence-corrected chi connectivity index (χ3v) is 5.05. The van der Waals surface area contributed by atoms with Gasteiger partial charge in [0, 0.05) is 20.4 Å². The van der Waals surface area contributed by atoms with Crippen LogP contribution >= 0.6 is 43.2 Å². The molecule has 0 aliphatic rings. The lowest BCUT2D eigenvalue weighted by Crippen LogP contribution is -2.17. The normalized spacial score (nSPS) is 13.0. The summed E-state index contributed by atoms with van der Waals surface area (Å²) in [4.78, 5) is 1.12. The molecule has 0 amide bonds. The molecule has 21 heavy (non-hydrogen) atoms. The number of nitrogens with one attached hydrogen (secondary N) is 1. The van der Waals surface area contributed by atoms with E-state index in [0.29, 0.717) is 5.69 Å². The van der Waals surface area contributed by atoms with Crippen molar-refractivity contribution in [1.82, 2.24) is 0 Å². The Hall–Kier alpha value is -0.730. The fourth-order valence-corrected chi connectivity index (χ4v) is 3.59. The van der Waals surface area contributed by atoms with E-state index in [1.54, 1.807) is 23.5 Å². The molecule has 0 aliphatic carbocycles. The van der Waals surface area contributed by atoms with Crippen LogP contribution in [0.25, 0.3) is 0 Å². The monoisotopic (exact) mass is 443 g/mol. The Morgan fingerprint density at radius 2 is 1.95 bits per heavy atom. The molecule has 0 radical (unpaired) electrons. The fraction of sp³-hybridized carbons (Fsp3) is 0.231. The second-order valence-electron chi connectivity index (χ2n) is 4.23. The van der Waals surface area contributed by atoms with Crippen molar-refractivity contribution in [1.29, 1.82) is 0 Å². The van der Waals surface area contributed by atoms with Gasteiger partial charge in [0.05, 0.1) is 10.5 Å². The molecule has 2 nitrogen and oxygen atoms in total. The first-order valence-corrected chi connectivity index (χ1v) is 8.27. The van der Waals surface area contributed by atoms with Crippen LogP contribution in [0.4, 0.5) is 18.9 Å². The minimum atomic E-state index is -4.70. The van der Waals surface area contributed by atoms with E-state index in [1.165, 1.54) is 6.07 Å². The van der Waals surface area contributed by atoms with E-state index >= 15 is 0 Å². The molecule has 2 aromatic rings. The van der Waals surface area contributed by atoms with Crippen LogP contribution < -0.4 is 10.1 Å². The third kappa shape index (κ3) is 4.89. The highest BCUT2D eigenvalue weighted by molar-refractivity contribution is 9.10. The SMILES string of the molecule is CC(Nc1ccc(OC(F)(F)F)c(Br)c1)c1cc(Br)cs1. The lowest BCUT2D eigenvalue weighted by atomic mass is 10.2. The number of hydrogen-bond donors (Lipinski definition) is 1. The number of hydrogen-bond acceptors (Lipinski definition) is 3. The molecule has 8 heteroatoms. The van der Waals surface area contributed by atoms with E-state index < -0.39 is 6.36 Å². The quantitative estimate of drug-likeness (QED) is 0.593. The average molecular weight is 445 g/mol. The number of alkyl halides is 3. The van der Waals surface area contributed by atoms with Crippen molar-refractivity contribution in [3.8, 4) is 5.75 Å². The van der Waals surface area contributed by atoms with Gasteiger partial charge in [0.2, 0.25) is 0 Å². The van der Waals surface area contributed by atoms with Gasteiger partial charge in [0.15, 0.2) is 0 Å². The summed E-state index contributed by atoms with van der Waals surface area (Å²) < 4.78 is 41.7. The van der Waals surface area contributed by atoms with Crippen LogP contribution in [0.15, 0.2) is 38.6 Å². The summed E-state index contributed by atoms with van der Waals surface area (Å²) in [5.74, 6) is -0.264. The maximum atomic E-state index is 12.2. The van der Waals surface area contributed by atoms with Gasteiger partial charge in [-0.05, 0) is 63.0 Å². The first-order valence-electron chi connectivity index (χ1n) is 5.80. The minimum Gasteiger partial charge on any atom is -0.405 e. The molecule has 0 fully saturated rings. The largest absolute Gasteiger partial charge is 0.573 e. The standard InChI is InChI=1S/C13H10Br2F3NOS/c1-7(12-4-8(14)6-21-12)19-9-2-3-11(10(15)5-9)20-13(16,17)18/h2-7,19H,1H3. The molecule has 2 rings (SSSR count). The van der Waals surface area contributed by atoms with Crippen LogP contribution in [0.3, 0.4) is 0 Å². The summed E-state index contributed by atoms with van der Waals surface area (Å²) in [6.45, 7) is 1.98. The second kappa shape index (κ2) is 6.58. The van der Waals surface area contributed by atoms with Crippen molar-refractivity contribution in [3.63, 3.8) is 0 Å². The van der Waals surface area contributed by atoms with Crippen molar-refractivity contribution in [2.45, 2.75) is 19.3 Å². The molecule has 0 bridgehead atoms. The summed E-state index contributed by atoms with van der Waals surface area (Å²) in [5, 5.41) is 5.20. The maximum absolute atomic E-state index is 12.2. The molecule has 0 aliphatic heterocycles. The van der Waals surface area contributed by atoms with Crippen molar-refractivity contribution >= 4 is 48.9 Å². The third-order valence-electron chi connectivity index (χ3n) is 2.56. The van der Waals surface area contributed by atoms with Crippen molar-refractivity contribution in [3.05, 3.63) is 43.5 Å². The predicted octanol–water partition coefficient (Wildman–Crippen LogP) is 6.34. The highest BCUT2D eigenvalue weighted by atomic mass is 79.9. The van der Waals surface area contributed by atoms with Gasteiger partial charge in [-0.3, -0.25) is 0 Å². The van der Waals surface area contributed by atoms with Crippen LogP contribution in [0.1, 0.15) is 17.8 Å². The molecule has 0 saturated carbocycles. The number of anilines is 1. The van der Waals surface area contributed by atoms with E-state index in [4.69, 9.17) is 0 Å². The number of halogens is 5. The predicted molar refractivity (Wildman–Crippen MR) is 84.9 cm³/mol. The Bertz CT molecular complexity index is 630. The van der Waals surface area contributed by atoms with Crippen LogP contribution in [0, 0.1) is 0 Å². The Balaban J connectivity index is 2.10. The number of benzene rings is 1. The van der Waals surface area contributed by atoms with Crippen molar-refractivity contribution in [2.24, 2.45) is 0 Å². The van der Waals surface area contributed by atoms with Gasteiger partial charge < -0.3 is 10.1 Å². The highest BCUT2D eigenvalue weighted by Gasteiger charge is 2.31. The summed E-state index contributed by atoms with van der Waals surface area (Å²) in [7, 11) is 0. The summed E-state index contributed by atoms with van der Waals surface area (Å²) in [6, 6.07) is 6.42. The molecule has 1 aromatic heterocycles. The molecule has 0 saturated heterocycles. The average Bonchev–Trinajstić information content (AvgIpc) is 2.78. The first kappa shape index (κ1) is 16.6. The van der Waals surface area contributed by atoms with Gasteiger partial charge >= 0.3 is 6.36 Å². The van der Waals surface area contributed by atoms with Gasteiger partial charge in [-0.2, -0.15) is 0 Å². The second-order valence-corrected chi connectivity index (χ2v) is 6.94. The van der Waals surface area contributed by atoms with Crippen LogP contribution in [0.2, 0.25) is 0 Å². The first-order chi connectivity index (χ1) is 9.74. The molecule has 114 valence electrons. The van der Waals surface area contributed by atoms with Crippen LogP contribution in [-0.4, -0.2) is 6.36 Å². The molecule has 1 heterocycles. The molecular formula is C13H10Br2F3NOS. The van der Waals surface area contributed by atoms with E-state index in [-0.39, 0.29) is 16.3 Å². The Labute approximate surface area is 140 Å². The summed E-state index contributed by atoms with van der Waals surface area (Å²) >= 11 is 8.06. The molecular weight excluding hydrogens is 435 g/mol. The lowest BCUT2D eigenvalue weighted by Gasteiger charge is -2.16. The Morgan fingerprint density at radius 1 is 1.24 bits per heavy atom. The molecule has 1 aromatic carbocycles. The van der Waals surface area contributed by atoms with E-state index in [0.717, 1.165) is 9.35 Å². The molecule has 0 spiro atoms. The molecule has 1 atom stereocenters. The smallest absolute Gasteiger partial charge is 0.405 e. The Morgan fingerprint density at radius 3 is 2.48 bits per heavy atom. The maximum Gasteiger partial charge on any atom is 0.573 e. The zero-order valence-electron chi connectivity index (χ0n) is 10.7. The molecule has 1 N–H and O–H groups in total. The minimum absolute atomic E-state index is 0.0441. The summed E-state index contributed by atoms with van der Waals surface area (Å²) in [5.41, 5.74) is 0.702. The number of ether oxygens (including phenoxy) is 1. The van der Waals surface area contributed by atoms with E-state index in [2.05, 4.69) is 41.9 Å². The fourth-order valence-electron chi connectivity index (χ4n) is 1.67. The number of thiophene rings is 1. The number of rotatable bonds is 4. The zero-order chi connectivity index (χ0) is 15.6. The molecule has 1 unspecified atom stereocenters. The highest BCUT2D eigenvalue weighted by Crippen LogP contribution is 2.34. The van der Waals surface area contributed by atoms with Crippen LogP contribution in [-0.2, 0) is 0 Å². The van der Waals surface area contributed by atoms with Gasteiger partial charge in [-0.25, -0.2) is 0 Å². The topological polar surface area (TPSA) is 21.3 Å². The van der Waals surface area contributed by atoms with Gasteiger partial charge in [-0.15, -0.1) is 24.5 Å². The van der Waals surface area contributed by atoms with Gasteiger partial charge in [-0.1, -0.05) is 0 Å². The van der Waals surface area contributed by atoms with Crippen molar-refractivity contribution < 1.29 is 17.9 Å². The van der Waals surface area contributed by atoms with Gasteiger partial charge in [0.25, 0.3) is 0 Å². The lowest BCUT2D eigenvalue weighted by molar-refractivity contribution is -0.274. The zero-order valence-corrected chi connectivity index (χ0v) is 14.7.